The monoisotopic (exact) mass is 361 g/mol. The Hall–Kier alpha value is -1.99. The van der Waals surface area contributed by atoms with Crippen LogP contribution in [0.5, 0.6) is 0 Å². The zero-order valence-electron chi connectivity index (χ0n) is 14.5. The van der Waals surface area contributed by atoms with Crippen LogP contribution in [0, 0.1) is 0 Å². The molecule has 3 N–H and O–H groups in total. The quantitative estimate of drug-likeness (QED) is 0.693. The van der Waals surface area contributed by atoms with E-state index < -0.39 is 0 Å². The summed E-state index contributed by atoms with van der Waals surface area (Å²) in [6, 6.07) is 8.22. The van der Waals surface area contributed by atoms with Gasteiger partial charge in [-0.05, 0) is 31.9 Å². The number of thiazole rings is 1. The third-order valence-corrected chi connectivity index (χ3v) is 5.71. The van der Waals surface area contributed by atoms with Crippen LogP contribution in [-0.2, 0) is 9.59 Å². The SMILES string of the molecule is CCNC(=O)CNC(=O)C[NH+]1CCC[C@H](c2nc3ccccc3s2)C1. The van der Waals surface area contributed by atoms with Gasteiger partial charge in [0.2, 0.25) is 5.91 Å². The van der Waals surface area contributed by atoms with Gasteiger partial charge < -0.3 is 15.5 Å². The summed E-state index contributed by atoms with van der Waals surface area (Å²) in [6.07, 6.45) is 2.23. The van der Waals surface area contributed by atoms with E-state index in [9.17, 15) is 9.59 Å². The lowest BCUT2D eigenvalue weighted by Gasteiger charge is -2.28. The predicted molar refractivity (Wildman–Crippen MR) is 98.9 cm³/mol. The second-order valence-corrected chi connectivity index (χ2v) is 7.53. The van der Waals surface area contributed by atoms with Gasteiger partial charge in [-0.3, -0.25) is 9.59 Å². The van der Waals surface area contributed by atoms with Gasteiger partial charge in [0, 0.05) is 6.54 Å². The zero-order chi connectivity index (χ0) is 17.6. The van der Waals surface area contributed by atoms with Crippen LogP contribution in [0.1, 0.15) is 30.7 Å². The molecule has 25 heavy (non-hydrogen) atoms. The number of nitrogens with zero attached hydrogens (tertiary/aromatic N) is 1. The summed E-state index contributed by atoms with van der Waals surface area (Å²) in [5.41, 5.74) is 1.06. The van der Waals surface area contributed by atoms with Crippen LogP contribution < -0.4 is 15.5 Å². The summed E-state index contributed by atoms with van der Waals surface area (Å²) >= 11 is 1.77. The fraction of sp³-hybridized carbons (Fsp3) is 0.500. The second kappa shape index (κ2) is 8.40. The molecular formula is C18H25N4O2S+. The van der Waals surface area contributed by atoms with Gasteiger partial charge in [-0.15, -0.1) is 11.3 Å². The van der Waals surface area contributed by atoms with Crippen LogP contribution in [0.25, 0.3) is 10.2 Å². The topological polar surface area (TPSA) is 75.5 Å². The lowest BCUT2D eigenvalue weighted by Crippen LogP contribution is -3.14. The highest BCUT2D eigenvalue weighted by molar-refractivity contribution is 7.18. The fourth-order valence-corrected chi connectivity index (χ4v) is 4.42. The second-order valence-electron chi connectivity index (χ2n) is 6.47. The predicted octanol–water partition coefficient (Wildman–Crippen LogP) is 0.311. The maximum atomic E-state index is 12.1. The van der Waals surface area contributed by atoms with Crippen molar-refractivity contribution in [3.63, 3.8) is 0 Å². The Labute approximate surface area is 151 Å². The number of hydrogen-bond acceptors (Lipinski definition) is 4. The van der Waals surface area contributed by atoms with Crippen molar-refractivity contribution in [1.82, 2.24) is 15.6 Å². The number of amides is 2. The van der Waals surface area contributed by atoms with E-state index in [1.54, 1.807) is 11.3 Å². The maximum Gasteiger partial charge on any atom is 0.275 e. The van der Waals surface area contributed by atoms with Gasteiger partial charge in [-0.1, -0.05) is 12.1 Å². The summed E-state index contributed by atoms with van der Waals surface area (Å²) in [5, 5.41) is 6.57. The number of rotatable bonds is 6. The molecule has 1 aromatic heterocycles. The highest BCUT2D eigenvalue weighted by Crippen LogP contribution is 2.30. The summed E-state index contributed by atoms with van der Waals surface area (Å²) in [4.78, 5) is 29.6. The van der Waals surface area contributed by atoms with Crippen molar-refractivity contribution in [3.8, 4) is 0 Å². The van der Waals surface area contributed by atoms with Crippen molar-refractivity contribution < 1.29 is 14.5 Å². The van der Waals surface area contributed by atoms with Gasteiger partial charge in [-0.25, -0.2) is 4.98 Å². The van der Waals surface area contributed by atoms with Gasteiger partial charge in [0.15, 0.2) is 6.54 Å². The van der Waals surface area contributed by atoms with E-state index in [1.807, 2.05) is 19.1 Å². The van der Waals surface area contributed by atoms with E-state index in [2.05, 4.69) is 22.8 Å². The number of nitrogens with one attached hydrogen (secondary N) is 3. The molecule has 2 atom stereocenters. The van der Waals surface area contributed by atoms with E-state index in [0.717, 1.165) is 31.4 Å². The van der Waals surface area contributed by atoms with Crippen molar-refractivity contribution in [1.29, 1.82) is 0 Å². The fourth-order valence-electron chi connectivity index (χ4n) is 3.32. The van der Waals surface area contributed by atoms with Crippen LogP contribution in [0.15, 0.2) is 24.3 Å². The Kier molecular flexibility index (Phi) is 5.99. The van der Waals surface area contributed by atoms with Gasteiger partial charge in [0.05, 0.1) is 35.8 Å². The first kappa shape index (κ1) is 17.8. The van der Waals surface area contributed by atoms with Crippen molar-refractivity contribution >= 4 is 33.4 Å². The van der Waals surface area contributed by atoms with Crippen LogP contribution in [0.4, 0.5) is 0 Å². The minimum absolute atomic E-state index is 0.0568. The maximum absolute atomic E-state index is 12.1. The van der Waals surface area contributed by atoms with Crippen LogP contribution in [0.3, 0.4) is 0 Å². The molecule has 134 valence electrons. The summed E-state index contributed by atoms with van der Waals surface area (Å²) in [5.74, 6) is 0.209. The summed E-state index contributed by atoms with van der Waals surface area (Å²) in [6.45, 7) is 4.84. The van der Waals surface area contributed by atoms with Gasteiger partial charge in [0.1, 0.15) is 5.01 Å². The molecule has 3 rings (SSSR count). The molecule has 1 unspecified atom stereocenters. The van der Waals surface area contributed by atoms with Crippen molar-refractivity contribution in [3.05, 3.63) is 29.3 Å². The van der Waals surface area contributed by atoms with E-state index >= 15 is 0 Å². The highest BCUT2D eigenvalue weighted by atomic mass is 32.1. The molecule has 0 spiro atoms. The molecule has 0 saturated carbocycles. The minimum atomic E-state index is -0.142. The average molecular weight is 361 g/mol. The number of carbonyl (C=O) groups is 2. The molecule has 1 aliphatic rings. The van der Waals surface area contributed by atoms with Crippen LogP contribution >= 0.6 is 11.3 Å². The lowest BCUT2D eigenvalue weighted by molar-refractivity contribution is -0.898. The Bertz CT molecular complexity index is 713. The molecule has 7 heteroatoms. The largest absolute Gasteiger partial charge is 0.355 e. The molecule has 0 radical (unpaired) electrons. The summed E-state index contributed by atoms with van der Waals surface area (Å²) in [7, 11) is 0. The molecule has 1 aromatic carbocycles. The van der Waals surface area contributed by atoms with Crippen LogP contribution in [-0.4, -0.2) is 49.5 Å². The van der Waals surface area contributed by atoms with Gasteiger partial charge in [0.25, 0.3) is 5.91 Å². The molecule has 6 nitrogen and oxygen atoms in total. The molecule has 1 saturated heterocycles. The van der Waals surface area contributed by atoms with Crippen LogP contribution in [0.2, 0.25) is 0 Å². The minimum Gasteiger partial charge on any atom is -0.355 e. The number of aromatic nitrogens is 1. The number of likely N-dealkylation sites (tertiary alicyclic amines) is 1. The summed E-state index contributed by atoms with van der Waals surface area (Å²) < 4.78 is 1.23. The molecule has 1 fully saturated rings. The number of benzene rings is 1. The van der Waals surface area contributed by atoms with E-state index in [-0.39, 0.29) is 18.4 Å². The first-order valence-corrected chi connectivity index (χ1v) is 9.69. The number of piperidine rings is 1. The smallest absolute Gasteiger partial charge is 0.275 e. The first-order chi connectivity index (χ1) is 12.2. The average Bonchev–Trinajstić information content (AvgIpc) is 3.05. The van der Waals surface area contributed by atoms with Gasteiger partial charge in [-0.2, -0.15) is 0 Å². The van der Waals surface area contributed by atoms with Crippen molar-refractivity contribution in [2.45, 2.75) is 25.7 Å². The molecule has 2 heterocycles. The standard InChI is InChI=1S/C18H24N4O2S/c1-2-19-16(23)10-20-17(24)12-22-9-5-6-13(11-22)18-21-14-7-3-4-8-15(14)25-18/h3-4,7-8,13H,2,5-6,9-12H2,1H3,(H,19,23)(H,20,24)/p+1/t13-/m0/s1. The molecule has 2 amide bonds. The number of carbonyl (C=O) groups excluding carboxylic acids is 2. The Morgan fingerprint density at radius 3 is 2.92 bits per heavy atom. The van der Waals surface area contributed by atoms with E-state index in [4.69, 9.17) is 4.98 Å². The number of likely N-dealkylation sites (N-methyl/N-ethyl adjacent to an activating group) is 1. The highest BCUT2D eigenvalue weighted by Gasteiger charge is 2.28. The molecule has 0 bridgehead atoms. The van der Waals surface area contributed by atoms with E-state index in [0.29, 0.717) is 19.0 Å². The Balaban J connectivity index is 1.54. The molecule has 1 aliphatic heterocycles. The molecule has 2 aromatic rings. The molecule has 0 aliphatic carbocycles. The van der Waals surface area contributed by atoms with Crippen molar-refractivity contribution in [2.75, 3.05) is 32.7 Å². The normalized spacial score (nSPS) is 20.4. The Morgan fingerprint density at radius 2 is 2.12 bits per heavy atom. The van der Waals surface area contributed by atoms with Crippen molar-refractivity contribution in [2.24, 2.45) is 0 Å². The number of quaternary nitrogens is 1. The third kappa shape index (κ3) is 4.76. The van der Waals surface area contributed by atoms with Gasteiger partial charge >= 0.3 is 0 Å². The third-order valence-electron chi connectivity index (χ3n) is 4.51. The Morgan fingerprint density at radius 1 is 1.28 bits per heavy atom. The zero-order valence-corrected chi connectivity index (χ0v) is 15.3. The number of fused-ring (bicyclic) bond motifs is 1. The molecular weight excluding hydrogens is 336 g/mol. The first-order valence-electron chi connectivity index (χ1n) is 8.88. The van der Waals surface area contributed by atoms with E-state index in [1.165, 1.54) is 14.6 Å². The number of para-hydroxylation sites is 1. The number of hydrogen-bond donors (Lipinski definition) is 3. The lowest BCUT2D eigenvalue weighted by atomic mass is 9.99.